The summed E-state index contributed by atoms with van der Waals surface area (Å²) in [6, 6.07) is 11.1. The summed E-state index contributed by atoms with van der Waals surface area (Å²) in [4.78, 5) is 15.1. The normalized spacial score (nSPS) is 13.2. The summed E-state index contributed by atoms with van der Waals surface area (Å²) >= 11 is 0. The molecule has 0 bridgehead atoms. The van der Waals surface area contributed by atoms with Gasteiger partial charge in [0.2, 0.25) is 0 Å². The predicted molar refractivity (Wildman–Crippen MR) is 118 cm³/mol. The first-order valence-corrected chi connectivity index (χ1v) is 10.3. The van der Waals surface area contributed by atoms with E-state index in [1.165, 1.54) is 24.5 Å². The number of ether oxygens (including phenoxy) is 1. The van der Waals surface area contributed by atoms with Gasteiger partial charge in [-0.2, -0.15) is 0 Å². The minimum absolute atomic E-state index is 0.330. The molecule has 0 saturated carbocycles. The van der Waals surface area contributed by atoms with E-state index < -0.39 is 0 Å². The van der Waals surface area contributed by atoms with Crippen molar-refractivity contribution in [2.24, 2.45) is 0 Å². The quantitative estimate of drug-likeness (QED) is 0.460. The monoisotopic (exact) mass is 433 g/mol. The Kier molecular flexibility index (Phi) is 5.05. The molecule has 1 aliphatic heterocycles. The average Bonchev–Trinajstić information content (AvgIpc) is 3.20. The summed E-state index contributed by atoms with van der Waals surface area (Å²) in [7, 11) is 3.81. The summed E-state index contributed by atoms with van der Waals surface area (Å²) in [5, 5.41) is 0. The molecule has 32 heavy (non-hydrogen) atoms. The molecule has 2 aromatic carbocycles. The molecule has 6 nitrogen and oxygen atoms in total. The lowest BCUT2D eigenvalue weighted by molar-refractivity contribution is 0.380. The number of benzene rings is 2. The van der Waals surface area contributed by atoms with Gasteiger partial charge in [-0.05, 0) is 29.8 Å². The fourth-order valence-corrected chi connectivity index (χ4v) is 4.00. The van der Waals surface area contributed by atoms with Crippen molar-refractivity contribution in [1.29, 1.82) is 0 Å². The predicted octanol–water partition coefficient (Wildman–Crippen LogP) is 4.61. The smallest absolute Gasteiger partial charge is 0.165 e. The molecule has 2 aromatic heterocycles. The molecule has 0 saturated heterocycles. The largest absolute Gasteiger partial charge is 0.461 e. The molecule has 3 heterocycles. The third kappa shape index (κ3) is 3.57. The third-order valence-electron chi connectivity index (χ3n) is 5.56. The molecule has 0 aliphatic carbocycles. The molecule has 0 unspecified atom stereocenters. The SMILES string of the molecule is CN(C)c1ncnc2c1ncn2CCC1=C(c2cccc(F)c2)Cc2c(F)cccc2O1. The van der Waals surface area contributed by atoms with Crippen LogP contribution < -0.4 is 9.64 Å². The highest BCUT2D eigenvalue weighted by Gasteiger charge is 2.24. The Morgan fingerprint density at radius 2 is 1.91 bits per heavy atom. The number of hydrogen-bond donors (Lipinski definition) is 0. The number of imidazole rings is 1. The second-order valence-electron chi connectivity index (χ2n) is 7.86. The van der Waals surface area contributed by atoms with Gasteiger partial charge in [0.25, 0.3) is 0 Å². The van der Waals surface area contributed by atoms with Crippen LogP contribution in [0.25, 0.3) is 16.7 Å². The maximum Gasteiger partial charge on any atom is 0.165 e. The number of fused-ring (bicyclic) bond motifs is 2. The van der Waals surface area contributed by atoms with E-state index in [1.807, 2.05) is 29.6 Å². The van der Waals surface area contributed by atoms with Gasteiger partial charge in [-0.1, -0.05) is 18.2 Å². The molecule has 0 atom stereocenters. The van der Waals surface area contributed by atoms with Crippen molar-refractivity contribution in [2.75, 3.05) is 19.0 Å². The average molecular weight is 433 g/mol. The fraction of sp³-hybridized carbons (Fsp3) is 0.208. The lowest BCUT2D eigenvalue weighted by Gasteiger charge is -2.24. The lowest BCUT2D eigenvalue weighted by Crippen LogP contribution is -2.14. The Labute approximate surface area is 183 Å². The van der Waals surface area contributed by atoms with Gasteiger partial charge in [0, 0.05) is 44.6 Å². The molecule has 0 spiro atoms. The van der Waals surface area contributed by atoms with E-state index in [0.29, 0.717) is 47.5 Å². The number of anilines is 1. The standard InChI is InChI=1S/C24H21F2N5O/c1-30(2)23-22-24(28-13-27-23)31(14-29-22)10-9-21-17(15-5-3-6-16(25)11-15)12-18-19(26)7-4-8-20(18)32-21/h3-8,11,13-14H,9-10,12H2,1-2H3. The van der Waals surface area contributed by atoms with E-state index in [-0.39, 0.29) is 11.6 Å². The van der Waals surface area contributed by atoms with Crippen molar-refractivity contribution in [3.63, 3.8) is 0 Å². The van der Waals surface area contributed by atoms with E-state index in [4.69, 9.17) is 4.74 Å². The van der Waals surface area contributed by atoms with E-state index in [2.05, 4.69) is 15.0 Å². The Morgan fingerprint density at radius 1 is 1.06 bits per heavy atom. The van der Waals surface area contributed by atoms with Gasteiger partial charge in [0.05, 0.1) is 6.33 Å². The van der Waals surface area contributed by atoms with Gasteiger partial charge >= 0.3 is 0 Å². The molecule has 0 fully saturated rings. The minimum atomic E-state index is -0.345. The van der Waals surface area contributed by atoms with Crippen molar-refractivity contribution in [2.45, 2.75) is 19.4 Å². The zero-order chi connectivity index (χ0) is 22.2. The number of aryl methyl sites for hydroxylation is 1. The van der Waals surface area contributed by atoms with E-state index in [9.17, 15) is 8.78 Å². The van der Waals surface area contributed by atoms with Crippen molar-refractivity contribution in [3.05, 3.63) is 83.6 Å². The number of nitrogens with zero attached hydrogens (tertiary/aromatic N) is 5. The van der Waals surface area contributed by atoms with Gasteiger partial charge in [0.15, 0.2) is 17.0 Å². The van der Waals surface area contributed by atoms with Crippen LogP contribution >= 0.6 is 0 Å². The van der Waals surface area contributed by atoms with Crippen molar-refractivity contribution in [3.8, 4) is 5.75 Å². The first-order chi connectivity index (χ1) is 15.5. The molecule has 5 rings (SSSR count). The molecule has 162 valence electrons. The maximum absolute atomic E-state index is 14.4. The van der Waals surface area contributed by atoms with Gasteiger partial charge in [0.1, 0.15) is 29.5 Å². The Morgan fingerprint density at radius 3 is 2.72 bits per heavy atom. The lowest BCUT2D eigenvalue weighted by atomic mass is 9.93. The number of rotatable bonds is 5. The molecule has 4 aromatic rings. The zero-order valence-corrected chi connectivity index (χ0v) is 17.7. The van der Waals surface area contributed by atoms with Crippen LogP contribution in [0.2, 0.25) is 0 Å². The number of allylic oxidation sites excluding steroid dienone is 2. The maximum atomic E-state index is 14.4. The van der Waals surface area contributed by atoms with Crippen LogP contribution in [0.3, 0.4) is 0 Å². The van der Waals surface area contributed by atoms with Crippen molar-refractivity contribution in [1.82, 2.24) is 19.5 Å². The number of aromatic nitrogens is 4. The Hall–Kier alpha value is -3.81. The third-order valence-corrected chi connectivity index (χ3v) is 5.56. The highest BCUT2D eigenvalue weighted by Crippen LogP contribution is 2.37. The number of halogens is 2. The van der Waals surface area contributed by atoms with Crippen LogP contribution in [0, 0.1) is 11.6 Å². The first kappa shape index (κ1) is 20.1. The molecule has 0 N–H and O–H groups in total. The first-order valence-electron chi connectivity index (χ1n) is 10.3. The van der Waals surface area contributed by atoms with Crippen LogP contribution in [-0.4, -0.2) is 33.6 Å². The summed E-state index contributed by atoms with van der Waals surface area (Å²) in [6.07, 6.45) is 4.08. The van der Waals surface area contributed by atoms with Crippen LogP contribution in [-0.2, 0) is 13.0 Å². The number of hydrogen-bond acceptors (Lipinski definition) is 5. The van der Waals surface area contributed by atoms with E-state index in [1.54, 1.807) is 24.5 Å². The summed E-state index contributed by atoms with van der Waals surface area (Å²) < 4.78 is 36.5. The van der Waals surface area contributed by atoms with Crippen LogP contribution in [0.15, 0.2) is 60.9 Å². The van der Waals surface area contributed by atoms with Crippen LogP contribution in [0.4, 0.5) is 14.6 Å². The minimum Gasteiger partial charge on any atom is -0.461 e. The summed E-state index contributed by atoms with van der Waals surface area (Å²) in [6.45, 7) is 0.541. The highest BCUT2D eigenvalue weighted by atomic mass is 19.1. The second-order valence-corrected chi connectivity index (χ2v) is 7.86. The highest BCUT2D eigenvalue weighted by molar-refractivity contribution is 5.83. The van der Waals surface area contributed by atoms with Gasteiger partial charge in [-0.15, -0.1) is 0 Å². The van der Waals surface area contributed by atoms with Gasteiger partial charge in [-0.3, -0.25) is 0 Å². The van der Waals surface area contributed by atoms with E-state index in [0.717, 1.165) is 17.0 Å². The molecule has 0 amide bonds. The molecule has 8 heteroatoms. The summed E-state index contributed by atoms with van der Waals surface area (Å²) in [5.74, 6) is 1.24. The molecule has 1 aliphatic rings. The second kappa shape index (κ2) is 8.03. The topological polar surface area (TPSA) is 56.1 Å². The molecular formula is C24H21F2N5O. The fourth-order valence-electron chi connectivity index (χ4n) is 4.00. The van der Waals surface area contributed by atoms with Crippen LogP contribution in [0.1, 0.15) is 17.5 Å². The summed E-state index contributed by atoms with van der Waals surface area (Å²) in [5.41, 5.74) is 3.37. The Balaban J connectivity index is 1.51. The van der Waals surface area contributed by atoms with Gasteiger partial charge in [-0.25, -0.2) is 23.7 Å². The molecular weight excluding hydrogens is 412 g/mol. The zero-order valence-electron chi connectivity index (χ0n) is 17.7. The Bertz CT molecular complexity index is 1350. The van der Waals surface area contributed by atoms with Gasteiger partial charge < -0.3 is 14.2 Å². The van der Waals surface area contributed by atoms with Crippen LogP contribution in [0.5, 0.6) is 5.75 Å². The van der Waals surface area contributed by atoms with E-state index >= 15 is 0 Å². The van der Waals surface area contributed by atoms with Crippen molar-refractivity contribution >= 4 is 22.6 Å². The molecule has 0 radical (unpaired) electrons. The van der Waals surface area contributed by atoms with Crippen molar-refractivity contribution < 1.29 is 13.5 Å².